The molecule has 0 atom stereocenters. The summed E-state index contributed by atoms with van der Waals surface area (Å²) >= 11 is 6.36. The Labute approximate surface area is 214 Å². The van der Waals surface area contributed by atoms with Crippen LogP contribution < -0.4 is 20.2 Å². The molecule has 0 fully saturated rings. The molecule has 0 aliphatic heterocycles. The van der Waals surface area contributed by atoms with Crippen LogP contribution >= 0.6 is 31.9 Å². The molecule has 2 aromatic carbocycles. The summed E-state index contributed by atoms with van der Waals surface area (Å²) in [4.78, 5) is 24.3. The second kappa shape index (κ2) is 13.2. The summed E-state index contributed by atoms with van der Waals surface area (Å²) in [5.41, 5.74) is 3.84. The molecule has 2 rings (SSSR count). The molecule has 0 bridgehead atoms. The minimum atomic E-state index is -0.264. The van der Waals surface area contributed by atoms with Crippen molar-refractivity contribution in [2.75, 3.05) is 20.8 Å². The average Bonchev–Trinajstić information content (AvgIpc) is 2.84. The molecular formula is C23H27Br2N3O6. The number of amides is 2. The van der Waals surface area contributed by atoms with Crippen LogP contribution in [0.5, 0.6) is 23.0 Å². The number of nitrogens with one attached hydrogen (secondary N) is 2. The maximum absolute atomic E-state index is 12.3. The van der Waals surface area contributed by atoms with Crippen molar-refractivity contribution in [3.8, 4) is 23.0 Å². The molecule has 0 saturated heterocycles. The SMILES string of the molecule is COc1ccc(C(=O)NCCCCCC(=O)N/N=C/c2c(C)c(Br)c(O)c(Br)c2O)cc1OC. The van der Waals surface area contributed by atoms with Gasteiger partial charge in [0.05, 0.1) is 24.9 Å². The number of carbonyl (C=O) groups is 2. The van der Waals surface area contributed by atoms with E-state index in [2.05, 4.69) is 47.7 Å². The third kappa shape index (κ3) is 7.10. The number of benzene rings is 2. The van der Waals surface area contributed by atoms with Gasteiger partial charge in [0.25, 0.3) is 5.91 Å². The number of hydrazone groups is 1. The van der Waals surface area contributed by atoms with Gasteiger partial charge in [0.15, 0.2) is 11.5 Å². The second-order valence-electron chi connectivity index (χ2n) is 7.29. The Morgan fingerprint density at radius 1 is 1.03 bits per heavy atom. The number of phenolic OH excluding ortho intramolecular Hbond substituents is 2. The topological polar surface area (TPSA) is 129 Å². The molecular weight excluding hydrogens is 574 g/mol. The smallest absolute Gasteiger partial charge is 0.251 e. The zero-order chi connectivity index (χ0) is 25.3. The predicted molar refractivity (Wildman–Crippen MR) is 136 cm³/mol. The fourth-order valence-electron chi connectivity index (χ4n) is 3.05. The number of methoxy groups -OCH3 is 2. The monoisotopic (exact) mass is 599 g/mol. The van der Waals surface area contributed by atoms with Crippen molar-refractivity contribution in [3.05, 3.63) is 43.8 Å². The molecule has 184 valence electrons. The van der Waals surface area contributed by atoms with Crippen LogP contribution in [0.15, 0.2) is 32.2 Å². The third-order valence-electron chi connectivity index (χ3n) is 5.01. The number of ether oxygens (including phenoxy) is 2. The molecule has 0 spiro atoms. The van der Waals surface area contributed by atoms with E-state index in [0.29, 0.717) is 45.6 Å². The lowest BCUT2D eigenvalue weighted by molar-refractivity contribution is -0.121. The van der Waals surface area contributed by atoms with E-state index in [1.165, 1.54) is 20.4 Å². The van der Waals surface area contributed by atoms with Gasteiger partial charge in [0, 0.05) is 24.1 Å². The first-order valence-electron chi connectivity index (χ1n) is 10.4. The van der Waals surface area contributed by atoms with Crippen LogP contribution in [0, 0.1) is 6.92 Å². The van der Waals surface area contributed by atoms with E-state index >= 15 is 0 Å². The van der Waals surface area contributed by atoms with Gasteiger partial charge in [-0.25, -0.2) is 5.43 Å². The van der Waals surface area contributed by atoms with Crippen molar-refractivity contribution in [3.63, 3.8) is 0 Å². The van der Waals surface area contributed by atoms with Gasteiger partial charge in [-0.3, -0.25) is 9.59 Å². The Morgan fingerprint density at radius 3 is 2.41 bits per heavy atom. The van der Waals surface area contributed by atoms with Gasteiger partial charge in [0.1, 0.15) is 16.0 Å². The summed E-state index contributed by atoms with van der Waals surface area (Å²) in [6.45, 7) is 2.18. The molecule has 0 radical (unpaired) electrons. The summed E-state index contributed by atoms with van der Waals surface area (Å²) in [6, 6.07) is 4.96. The van der Waals surface area contributed by atoms with Crippen LogP contribution in [-0.4, -0.2) is 49.0 Å². The zero-order valence-electron chi connectivity index (χ0n) is 19.1. The van der Waals surface area contributed by atoms with Crippen LogP contribution in [-0.2, 0) is 4.79 Å². The molecule has 2 aromatic rings. The lowest BCUT2D eigenvalue weighted by Gasteiger charge is -2.11. The summed E-state index contributed by atoms with van der Waals surface area (Å²) < 4.78 is 10.9. The molecule has 0 aliphatic carbocycles. The standard InChI is InChI=1S/C23H27Br2N3O6/c1-13-15(21(30)20(25)22(31)19(13)24)12-27-28-18(29)7-5-4-6-10-26-23(32)14-8-9-16(33-2)17(11-14)34-3/h8-9,11-12,30-31H,4-7,10H2,1-3H3,(H,26,32)(H,28,29)/b27-12+. The zero-order valence-corrected chi connectivity index (χ0v) is 22.2. The number of halogens is 2. The Morgan fingerprint density at radius 2 is 1.74 bits per heavy atom. The molecule has 0 aromatic heterocycles. The molecule has 9 nitrogen and oxygen atoms in total. The normalized spacial score (nSPS) is 10.9. The number of unbranched alkanes of at least 4 members (excludes halogenated alkanes) is 2. The summed E-state index contributed by atoms with van der Waals surface area (Å²) in [6.07, 6.45) is 3.70. The minimum absolute atomic E-state index is 0.115. The van der Waals surface area contributed by atoms with Crippen LogP contribution in [0.25, 0.3) is 0 Å². The van der Waals surface area contributed by atoms with Crippen LogP contribution in [0.2, 0.25) is 0 Å². The Bertz CT molecular complexity index is 1050. The molecule has 0 heterocycles. The number of hydrogen-bond donors (Lipinski definition) is 4. The number of aromatic hydroxyl groups is 2. The van der Waals surface area contributed by atoms with Crippen molar-refractivity contribution in [1.82, 2.24) is 10.7 Å². The maximum Gasteiger partial charge on any atom is 0.251 e. The highest BCUT2D eigenvalue weighted by atomic mass is 79.9. The number of phenols is 2. The first-order valence-corrected chi connectivity index (χ1v) is 12.0. The fourth-order valence-corrected chi connectivity index (χ4v) is 4.14. The van der Waals surface area contributed by atoms with Gasteiger partial charge >= 0.3 is 0 Å². The number of nitrogens with zero attached hydrogens (tertiary/aromatic N) is 1. The maximum atomic E-state index is 12.3. The van der Waals surface area contributed by atoms with Gasteiger partial charge < -0.3 is 25.0 Å². The van der Waals surface area contributed by atoms with E-state index in [9.17, 15) is 19.8 Å². The van der Waals surface area contributed by atoms with Gasteiger partial charge in [-0.05, 0) is 75.4 Å². The Hall–Kier alpha value is -2.79. The van der Waals surface area contributed by atoms with E-state index in [1.54, 1.807) is 25.1 Å². The molecule has 11 heteroatoms. The molecule has 34 heavy (non-hydrogen) atoms. The lowest BCUT2D eigenvalue weighted by atomic mass is 10.1. The highest BCUT2D eigenvalue weighted by Crippen LogP contribution is 2.43. The average molecular weight is 601 g/mol. The fraction of sp³-hybridized carbons (Fsp3) is 0.348. The van der Waals surface area contributed by atoms with Gasteiger partial charge in [-0.15, -0.1) is 0 Å². The van der Waals surface area contributed by atoms with E-state index in [1.807, 2.05) is 0 Å². The predicted octanol–water partition coefficient (Wildman–Crippen LogP) is 4.39. The quantitative estimate of drug-likeness (QED) is 0.172. The third-order valence-corrected chi connectivity index (χ3v) is 6.73. The number of carbonyl (C=O) groups excluding carboxylic acids is 2. The van der Waals surface area contributed by atoms with Crippen molar-refractivity contribution >= 4 is 49.9 Å². The number of hydrogen-bond acceptors (Lipinski definition) is 7. The molecule has 0 aliphatic rings. The minimum Gasteiger partial charge on any atom is -0.506 e. The first-order chi connectivity index (χ1) is 16.2. The number of rotatable bonds is 11. The summed E-state index contributed by atoms with van der Waals surface area (Å²) in [5, 5.41) is 26.8. The van der Waals surface area contributed by atoms with Crippen LogP contribution in [0.4, 0.5) is 0 Å². The highest BCUT2D eigenvalue weighted by Gasteiger charge is 2.17. The Kier molecular flexibility index (Phi) is 10.6. The van der Waals surface area contributed by atoms with Gasteiger partial charge in [0.2, 0.25) is 5.91 Å². The van der Waals surface area contributed by atoms with Gasteiger partial charge in [-0.1, -0.05) is 6.42 Å². The second-order valence-corrected chi connectivity index (χ2v) is 8.88. The summed E-state index contributed by atoms with van der Waals surface area (Å²) in [7, 11) is 3.04. The molecule has 4 N–H and O–H groups in total. The van der Waals surface area contributed by atoms with E-state index in [4.69, 9.17) is 9.47 Å². The van der Waals surface area contributed by atoms with Crippen LogP contribution in [0.1, 0.15) is 47.2 Å². The van der Waals surface area contributed by atoms with E-state index in [0.717, 1.165) is 12.8 Å². The van der Waals surface area contributed by atoms with Gasteiger partial charge in [-0.2, -0.15) is 5.10 Å². The lowest BCUT2D eigenvalue weighted by Crippen LogP contribution is -2.24. The van der Waals surface area contributed by atoms with Crippen molar-refractivity contribution < 1.29 is 29.3 Å². The highest BCUT2D eigenvalue weighted by molar-refractivity contribution is 9.11. The summed E-state index contributed by atoms with van der Waals surface area (Å²) in [5.74, 6) is 0.276. The van der Waals surface area contributed by atoms with Crippen LogP contribution in [0.3, 0.4) is 0 Å². The van der Waals surface area contributed by atoms with E-state index in [-0.39, 0.29) is 34.2 Å². The first kappa shape index (κ1) is 27.5. The molecule has 0 unspecified atom stereocenters. The molecule has 0 saturated carbocycles. The largest absolute Gasteiger partial charge is 0.506 e. The Balaban J connectivity index is 1.71. The van der Waals surface area contributed by atoms with Crippen molar-refractivity contribution in [1.29, 1.82) is 0 Å². The van der Waals surface area contributed by atoms with E-state index < -0.39 is 0 Å². The van der Waals surface area contributed by atoms with Crippen molar-refractivity contribution in [2.24, 2.45) is 5.10 Å². The molecule has 2 amide bonds. The van der Waals surface area contributed by atoms with Crippen molar-refractivity contribution in [2.45, 2.75) is 32.6 Å².